The highest BCUT2D eigenvalue weighted by atomic mass is 31.2. The second-order valence-electron chi connectivity index (χ2n) is 17.0. The number of amides is 4. The summed E-state index contributed by atoms with van der Waals surface area (Å²) in [5, 5.41) is 8.71. The lowest BCUT2D eigenvalue weighted by atomic mass is 9.89. The molecular weight excluding hydrogens is 832 g/mol. The highest BCUT2D eigenvalue weighted by Gasteiger charge is 2.44. The molecule has 1 aromatic carbocycles. The number of likely N-dealkylation sites (tertiary alicyclic amines) is 1. The van der Waals surface area contributed by atoms with Crippen molar-refractivity contribution in [1.29, 1.82) is 0 Å². The molecule has 4 amide bonds. The number of nitrogens with zero attached hydrogens (tertiary/aromatic N) is 8. The number of guanidine groups is 1. The van der Waals surface area contributed by atoms with E-state index in [4.69, 9.17) is 24.7 Å². The van der Waals surface area contributed by atoms with Crippen molar-refractivity contribution in [3.05, 3.63) is 46.3 Å². The van der Waals surface area contributed by atoms with Crippen LogP contribution in [0, 0.1) is 17.8 Å². The molecule has 1 aliphatic heterocycles. The second-order valence-corrected chi connectivity index (χ2v) is 19.5. The Bertz CT molecular complexity index is 1720. The first-order valence-corrected chi connectivity index (χ1v) is 23.7. The summed E-state index contributed by atoms with van der Waals surface area (Å²) in [5.74, 6) is -3.30. The van der Waals surface area contributed by atoms with Crippen LogP contribution in [0.1, 0.15) is 65.9 Å². The zero-order chi connectivity index (χ0) is 47.4. The van der Waals surface area contributed by atoms with Gasteiger partial charge in [-0.1, -0.05) is 76.5 Å². The first kappa shape index (κ1) is 54.9. The fourth-order valence-corrected chi connectivity index (χ4v) is 9.64. The molecule has 0 spiro atoms. The minimum Gasteiger partial charge on any atom is -0.379 e. The van der Waals surface area contributed by atoms with Gasteiger partial charge in [0.25, 0.3) is 0 Å². The van der Waals surface area contributed by atoms with Crippen molar-refractivity contribution in [1.82, 2.24) is 30.2 Å². The standard InChI is InChI=1S/C43H75N10O9P/c1-13-30(4)39(52(10)42(57)38(29(2)3)48-43(50(6)7)51(8)9)34(60-11)27-37(55)53-23-17-20-33(53)40(61-12)31(5)41(56)47-36(26-32-18-15-14-16-19-32)63(58,59)28-35(54)45-21-24-62-25-22-46-49-44/h14-16,18-19,29-31,33-34,36,38-40H,13,17,20-28H2,1-12H3,(H,45,54)(H,47,56)(H,58,59)/t30-,31+,33?,34+,36+,38?,39-,40+/m0/s1. The number of hydrogen-bond donors (Lipinski definition) is 3. The number of rotatable bonds is 26. The summed E-state index contributed by atoms with van der Waals surface area (Å²) in [6.07, 6.45) is -0.269. The molecule has 356 valence electrons. The number of benzene rings is 1. The van der Waals surface area contributed by atoms with E-state index < -0.39 is 67.4 Å². The van der Waals surface area contributed by atoms with Crippen molar-refractivity contribution < 1.29 is 42.8 Å². The van der Waals surface area contributed by atoms with E-state index >= 15 is 0 Å². The van der Waals surface area contributed by atoms with E-state index in [9.17, 15) is 28.6 Å². The van der Waals surface area contributed by atoms with Gasteiger partial charge in [-0.15, -0.1) is 0 Å². The highest BCUT2D eigenvalue weighted by Crippen LogP contribution is 2.46. The zero-order valence-corrected chi connectivity index (χ0v) is 40.5. The molecule has 63 heavy (non-hydrogen) atoms. The molecule has 0 saturated carbocycles. The Balaban J connectivity index is 2.31. The van der Waals surface area contributed by atoms with Gasteiger partial charge >= 0.3 is 0 Å². The molecule has 19 nitrogen and oxygen atoms in total. The van der Waals surface area contributed by atoms with Gasteiger partial charge in [-0.2, -0.15) is 0 Å². The van der Waals surface area contributed by atoms with Crippen LogP contribution in [0.15, 0.2) is 40.4 Å². The van der Waals surface area contributed by atoms with Crippen molar-refractivity contribution in [2.75, 3.05) is 88.5 Å². The Morgan fingerprint density at radius 3 is 2.22 bits per heavy atom. The maximum atomic E-state index is 14.4. The minimum atomic E-state index is -4.36. The summed E-state index contributed by atoms with van der Waals surface area (Å²) in [7, 11) is 7.93. The molecule has 0 aliphatic carbocycles. The maximum Gasteiger partial charge on any atom is 0.247 e. The van der Waals surface area contributed by atoms with E-state index in [1.165, 1.54) is 7.11 Å². The van der Waals surface area contributed by atoms with Crippen LogP contribution in [0.2, 0.25) is 0 Å². The first-order chi connectivity index (χ1) is 29.7. The van der Waals surface area contributed by atoms with E-state index in [0.717, 1.165) is 6.42 Å². The number of hydrogen-bond acceptors (Lipinski definition) is 10. The monoisotopic (exact) mass is 907 g/mol. The van der Waals surface area contributed by atoms with Gasteiger partial charge in [0.2, 0.25) is 31.0 Å². The van der Waals surface area contributed by atoms with Crippen LogP contribution in [0.3, 0.4) is 0 Å². The molecular formula is C43H75N10O9P. The number of aliphatic imine (C=N–C) groups is 1. The van der Waals surface area contributed by atoms with Crippen LogP contribution < -0.4 is 10.6 Å². The Hall–Kier alpha value is -4.25. The summed E-state index contributed by atoms with van der Waals surface area (Å²) in [4.78, 5) is 81.6. The average molecular weight is 907 g/mol. The number of nitrogens with one attached hydrogen (secondary N) is 2. The number of carbonyl (C=O) groups is 4. The minimum absolute atomic E-state index is 0.0159. The molecule has 9 atom stereocenters. The Labute approximate surface area is 374 Å². The number of azide groups is 1. The smallest absolute Gasteiger partial charge is 0.247 e. The number of methoxy groups -OCH3 is 2. The predicted octanol–water partition coefficient (Wildman–Crippen LogP) is 3.81. The highest BCUT2D eigenvalue weighted by molar-refractivity contribution is 7.59. The van der Waals surface area contributed by atoms with Crippen molar-refractivity contribution in [2.24, 2.45) is 27.9 Å². The zero-order valence-electron chi connectivity index (χ0n) is 39.6. The van der Waals surface area contributed by atoms with Crippen LogP contribution in [-0.2, 0) is 44.4 Å². The van der Waals surface area contributed by atoms with Gasteiger partial charge in [0, 0.05) is 80.4 Å². The fourth-order valence-electron chi connectivity index (χ4n) is 8.07. The topological polar surface area (TPSA) is 231 Å². The van der Waals surface area contributed by atoms with E-state index in [1.807, 2.05) is 65.7 Å². The normalized spacial score (nSPS) is 18.1. The number of carbonyl (C=O) groups excluding carboxylic acids is 4. The quantitative estimate of drug-likeness (QED) is 0.0230. The van der Waals surface area contributed by atoms with E-state index in [-0.39, 0.29) is 62.8 Å². The van der Waals surface area contributed by atoms with Crippen molar-refractivity contribution in [3.63, 3.8) is 0 Å². The number of likely N-dealkylation sites (N-methyl/N-ethyl adjacent to an activating group) is 1. The van der Waals surface area contributed by atoms with Crippen LogP contribution in [-0.4, -0.2) is 179 Å². The van der Waals surface area contributed by atoms with Gasteiger partial charge in [0.15, 0.2) is 5.96 Å². The third-order valence-corrected chi connectivity index (χ3v) is 13.6. The fraction of sp³-hybridized carbons (Fsp3) is 0.744. The summed E-state index contributed by atoms with van der Waals surface area (Å²) in [6, 6.07) is 7.27. The summed E-state index contributed by atoms with van der Waals surface area (Å²) < 4.78 is 31.2. The molecule has 3 unspecified atom stereocenters. The van der Waals surface area contributed by atoms with Gasteiger partial charge in [0.05, 0.1) is 49.8 Å². The lowest BCUT2D eigenvalue weighted by Crippen LogP contribution is -2.55. The van der Waals surface area contributed by atoms with Crippen LogP contribution in [0.4, 0.5) is 0 Å². The van der Waals surface area contributed by atoms with Crippen molar-refractivity contribution >= 4 is 37.0 Å². The third-order valence-electron chi connectivity index (χ3n) is 11.6. The van der Waals surface area contributed by atoms with E-state index in [0.29, 0.717) is 30.9 Å². The molecule has 0 radical (unpaired) electrons. The van der Waals surface area contributed by atoms with Crippen LogP contribution in [0.25, 0.3) is 10.4 Å². The van der Waals surface area contributed by atoms with Crippen LogP contribution in [0.5, 0.6) is 0 Å². The second kappa shape index (κ2) is 27.2. The summed E-state index contributed by atoms with van der Waals surface area (Å²) >= 11 is 0. The lowest BCUT2D eigenvalue weighted by molar-refractivity contribution is -0.146. The first-order valence-electron chi connectivity index (χ1n) is 21.8. The molecule has 1 aromatic rings. The molecule has 3 N–H and O–H groups in total. The Morgan fingerprint density at radius 2 is 1.67 bits per heavy atom. The SMILES string of the molecule is CC[C@H](C)[C@@H]([C@@H](CC(=O)N1CCCC1[C@H](OC)[C@@H](C)C(=O)N[C@@H](Cc1ccccc1)P(=O)(O)CC(=O)NCCOCCN=[N+]=[N-])OC)N(C)C(=O)C(N=C(N(C)C)N(C)C)C(C)C. The van der Waals surface area contributed by atoms with Crippen LogP contribution >= 0.6 is 7.37 Å². The molecule has 1 aliphatic rings. The largest absolute Gasteiger partial charge is 0.379 e. The maximum absolute atomic E-state index is 14.4. The summed E-state index contributed by atoms with van der Waals surface area (Å²) in [6.45, 7) is 10.5. The van der Waals surface area contributed by atoms with Gasteiger partial charge in [-0.3, -0.25) is 23.7 Å². The average Bonchev–Trinajstić information content (AvgIpc) is 3.72. The predicted molar refractivity (Wildman–Crippen MR) is 244 cm³/mol. The molecule has 0 aromatic heterocycles. The van der Waals surface area contributed by atoms with Gasteiger partial charge in [0.1, 0.15) is 18.0 Å². The molecule has 1 heterocycles. The van der Waals surface area contributed by atoms with Gasteiger partial charge in [-0.05, 0) is 35.8 Å². The lowest BCUT2D eigenvalue weighted by Gasteiger charge is -2.40. The van der Waals surface area contributed by atoms with Crippen molar-refractivity contribution in [3.8, 4) is 0 Å². The molecule has 1 saturated heterocycles. The third kappa shape index (κ3) is 16.7. The number of ether oxygens (including phenoxy) is 3. The van der Waals surface area contributed by atoms with Gasteiger partial charge < -0.3 is 49.3 Å². The van der Waals surface area contributed by atoms with E-state index in [1.54, 1.807) is 61.2 Å². The molecule has 20 heteroatoms. The van der Waals surface area contributed by atoms with Gasteiger partial charge in [-0.25, -0.2) is 4.99 Å². The molecule has 2 rings (SSSR count). The Morgan fingerprint density at radius 1 is 1.02 bits per heavy atom. The Kier molecular flexibility index (Phi) is 23.7. The summed E-state index contributed by atoms with van der Waals surface area (Å²) in [5.41, 5.74) is 9.06. The molecule has 1 fully saturated rings. The van der Waals surface area contributed by atoms with Crippen molar-refractivity contribution in [2.45, 2.75) is 103 Å². The van der Waals surface area contributed by atoms with E-state index in [2.05, 4.69) is 20.7 Å². The molecule has 0 bridgehead atoms.